The van der Waals surface area contributed by atoms with Gasteiger partial charge in [0.05, 0.1) is 16.8 Å². The predicted octanol–water partition coefficient (Wildman–Crippen LogP) is 4.96. The van der Waals surface area contributed by atoms with Crippen molar-refractivity contribution < 1.29 is 4.39 Å². The second-order valence-corrected chi connectivity index (χ2v) is 4.78. The van der Waals surface area contributed by atoms with Crippen LogP contribution in [0.3, 0.4) is 0 Å². The van der Waals surface area contributed by atoms with E-state index in [1.54, 1.807) is 12.1 Å². The first kappa shape index (κ1) is 12.9. The van der Waals surface area contributed by atoms with Gasteiger partial charge in [-0.1, -0.05) is 35.9 Å². The van der Waals surface area contributed by atoms with E-state index >= 15 is 0 Å². The molecule has 0 heterocycles. The Morgan fingerprint density at radius 1 is 1.17 bits per heavy atom. The molecule has 0 aromatic heterocycles. The molecule has 0 bridgehead atoms. The van der Waals surface area contributed by atoms with Gasteiger partial charge in [-0.05, 0) is 37.6 Å². The van der Waals surface area contributed by atoms with E-state index in [1.165, 1.54) is 6.07 Å². The molecule has 0 aliphatic heterocycles. The molecule has 0 radical (unpaired) electrons. The van der Waals surface area contributed by atoms with Crippen LogP contribution in [-0.4, -0.2) is 0 Å². The van der Waals surface area contributed by atoms with Crippen molar-refractivity contribution in [1.82, 2.24) is 0 Å². The predicted molar refractivity (Wildman–Crippen MR) is 74.6 cm³/mol. The molecule has 2 aromatic carbocycles. The molecule has 3 heteroatoms. The molecule has 2 rings (SSSR count). The Labute approximate surface area is 112 Å². The third-order valence-corrected chi connectivity index (χ3v) is 3.20. The zero-order valence-electron chi connectivity index (χ0n) is 10.4. The highest BCUT2D eigenvalue weighted by molar-refractivity contribution is 6.33. The van der Waals surface area contributed by atoms with E-state index in [2.05, 4.69) is 5.32 Å². The first-order valence-electron chi connectivity index (χ1n) is 5.85. The number of hydrogen-bond acceptors (Lipinski definition) is 1. The lowest BCUT2D eigenvalue weighted by Crippen LogP contribution is -2.08. The lowest BCUT2D eigenvalue weighted by Gasteiger charge is -2.17. The molecule has 94 valence electrons. The summed E-state index contributed by atoms with van der Waals surface area (Å²) in [5.41, 5.74) is 2.57. The van der Waals surface area contributed by atoms with Gasteiger partial charge in [-0.15, -0.1) is 0 Å². The second-order valence-electron chi connectivity index (χ2n) is 4.37. The molecule has 1 nitrogen and oxygen atoms in total. The Balaban J connectivity index is 2.24. The first-order valence-corrected chi connectivity index (χ1v) is 6.23. The molecule has 0 saturated heterocycles. The summed E-state index contributed by atoms with van der Waals surface area (Å²) in [5.74, 6) is -0.207. The normalized spacial score (nSPS) is 12.2. The van der Waals surface area contributed by atoms with Crippen molar-refractivity contribution in [2.45, 2.75) is 19.9 Å². The van der Waals surface area contributed by atoms with Gasteiger partial charge in [0.25, 0.3) is 0 Å². The number of nitrogens with one attached hydrogen (secondary N) is 1. The van der Waals surface area contributed by atoms with Crippen molar-refractivity contribution >= 4 is 17.3 Å². The number of benzene rings is 2. The zero-order chi connectivity index (χ0) is 13.1. The van der Waals surface area contributed by atoms with Crippen LogP contribution < -0.4 is 5.32 Å². The van der Waals surface area contributed by atoms with Crippen molar-refractivity contribution in [2.24, 2.45) is 0 Å². The van der Waals surface area contributed by atoms with Crippen LogP contribution in [0.1, 0.15) is 24.1 Å². The Hall–Kier alpha value is -1.54. The Morgan fingerprint density at radius 2 is 1.89 bits per heavy atom. The maximum absolute atomic E-state index is 13.6. The van der Waals surface area contributed by atoms with E-state index in [1.807, 2.05) is 38.1 Å². The molecular formula is C15H15ClFN. The summed E-state index contributed by atoms with van der Waals surface area (Å²) in [5, 5.41) is 3.88. The number of rotatable bonds is 3. The van der Waals surface area contributed by atoms with Crippen molar-refractivity contribution in [1.29, 1.82) is 0 Å². The van der Waals surface area contributed by atoms with Gasteiger partial charge < -0.3 is 5.32 Å². The molecule has 0 spiro atoms. The highest BCUT2D eigenvalue weighted by atomic mass is 35.5. The topological polar surface area (TPSA) is 12.0 Å². The number of halogens is 2. The van der Waals surface area contributed by atoms with Crippen molar-refractivity contribution in [3.8, 4) is 0 Å². The molecule has 0 aliphatic rings. The van der Waals surface area contributed by atoms with Gasteiger partial charge in [0.1, 0.15) is 5.82 Å². The molecule has 1 unspecified atom stereocenters. The maximum Gasteiger partial charge on any atom is 0.128 e. The van der Waals surface area contributed by atoms with Crippen LogP contribution in [0.2, 0.25) is 5.02 Å². The third-order valence-electron chi connectivity index (χ3n) is 2.87. The van der Waals surface area contributed by atoms with Crippen molar-refractivity contribution in [2.75, 3.05) is 5.32 Å². The minimum absolute atomic E-state index is 0.134. The van der Waals surface area contributed by atoms with E-state index < -0.39 is 0 Å². The van der Waals surface area contributed by atoms with E-state index in [0.29, 0.717) is 10.6 Å². The first-order chi connectivity index (χ1) is 8.58. The van der Waals surface area contributed by atoms with Gasteiger partial charge in [0.15, 0.2) is 0 Å². The molecule has 2 aromatic rings. The maximum atomic E-state index is 13.6. The highest BCUT2D eigenvalue weighted by Gasteiger charge is 2.11. The number of anilines is 1. The molecule has 0 aliphatic carbocycles. The molecule has 1 atom stereocenters. The largest absolute Gasteiger partial charge is 0.377 e. The summed E-state index contributed by atoms with van der Waals surface area (Å²) in [7, 11) is 0. The van der Waals surface area contributed by atoms with Crippen LogP contribution in [-0.2, 0) is 0 Å². The minimum atomic E-state index is -0.207. The quantitative estimate of drug-likeness (QED) is 0.825. The summed E-state index contributed by atoms with van der Waals surface area (Å²) >= 11 is 6.11. The lowest BCUT2D eigenvalue weighted by atomic mass is 10.1. The van der Waals surface area contributed by atoms with Gasteiger partial charge in [0.2, 0.25) is 0 Å². The number of aryl methyl sites for hydroxylation is 1. The van der Waals surface area contributed by atoms with Crippen LogP contribution in [0, 0.1) is 12.7 Å². The standard InChI is InChI=1S/C15H15ClFN/c1-10-7-8-13(16)15(9-10)18-11(2)12-5-3-4-6-14(12)17/h3-9,11,18H,1-2H3. The molecule has 1 N–H and O–H groups in total. The fourth-order valence-corrected chi connectivity index (χ4v) is 2.06. The van der Waals surface area contributed by atoms with Crippen LogP contribution in [0.4, 0.5) is 10.1 Å². The number of hydrogen-bond donors (Lipinski definition) is 1. The van der Waals surface area contributed by atoms with Gasteiger partial charge in [-0.3, -0.25) is 0 Å². The molecule has 0 fully saturated rings. The molecular weight excluding hydrogens is 249 g/mol. The van der Waals surface area contributed by atoms with Gasteiger partial charge >= 0.3 is 0 Å². The van der Waals surface area contributed by atoms with E-state index in [9.17, 15) is 4.39 Å². The molecule has 18 heavy (non-hydrogen) atoms. The Morgan fingerprint density at radius 3 is 2.61 bits per heavy atom. The van der Waals surface area contributed by atoms with Crippen LogP contribution >= 0.6 is 11.6 Å². The highest BCUT2D eigenvalue weighted by Crippen LogP contribution is 2.27. The minimum Gasteiger partial charge on any atom is -0.377 e. The van der Waals surface area contributed by atoms with Gasteiger partial charge in [0, 0.05) is 5.56 Å². The lowest BCUT2D eigenvalue weighted by molar-refractivity contribution is 0.600. The average molecular weight is 264 g/mol. The monoisotopic (exact) mass is 263 g/mol. The van der Waals surface area contributed by atoms with Crippen LogP contribution in [0.25, 0.3) is 0 Å². The van der Waals surface area contributed by atoms with Gasteiger partial charge in [-0.25, -0.2) is 4.39 Å². The Kier molecular flexibility index (Phi) is 3.87. The second kappa shape index (κ2) is 5.40. The SMILES string of the molecule is Cc1ccc(Cl)c(NC(C)c2ccccc2F)c1. The fourth-order valence-electron chi connectivity index (χ4n) is 1.89. The van der Waals surface area contributed by atoms with Gasteiger partial charge in [-0.2, -0.15) is 0 Å². The van der Waals surface area contributed by atoms with Crippen LogP contribution in [0.15, 0.2) is 42.5 Å². The van der Waals surface area contributed by atoms with Crippen molar-refractivity contribution in [3.63, 3.8) is 0 Å². The van der Waals surface area contributed by atoms with Crippen LogP contribution in [0.5, 0.6) is 0 Å². The van der Waals surface area contributed by atoms with E-state index in [0.717, 1.165) is 11.3 Å². The molecule has 0 saturated carbocycles. The van der Waals surface area contributed by atoms with E-state index in [-0.39, 0.29) is 11.9 Å². The third kappa shape index (κ3) is 2.82. The molecule has 0 amide bonds. The summed E-state index contributed by atoms with van der Waals surface area (Å²) in [4.78, 5) is 0. The summed E-state index contributed by atoms with van der Waals surface area (Å²) in [6.07, 6.45) is 0. The summed E-state index contributed by atoms with van der Waals surface area (Å²) < 4.78 is 13.6. The summed E-state index contributed by atoms with van der Waals surface area (Å²) in [6, 6.07) is 12.4. The summed E-state index contributed by atoms with van der Waals surface area (Å²) in [6.45, 7) is 3.91. The Bertz CT molecular complexity index is 554. The fraction of sp³-hybridized carbons (Fsp3) is 0.200. The zero-order valence-corrected chi connectivity index (χ0v) is 11.1. The average Bonchev–Trinajstić information content (AvgIpc) is 2.34. The van der Waals surface area contributed by atoms with E-state index in [4.69, 9.17) is 11.6 Å². The van der Waals surface area contributed by atoms with Crippen molar-refractivity contribution in [3.05, 3.63) is 64.4 Å². The smallest absolute Gasteiger partial charge is 0.128 e.